The third-order valence-electron chi connectivity index (χ3n) is 4.25. The maximum Gasteiger partial charge on any atom is 0.127 e. The fourth-order valence-corrected chi connectivity index (χ4v) is 3.15. The van der Waals surface area contributed by atoms with Crippen LogP contribution in [0.5, 0.6) is 0 Å². The van der Waals surface area contributed by atoms with Gasteiger partial charge in [-0.05, 0) is 44.4 Å². The molecular weight excluding hydrogens is 287 g/mol. The summed E-state index contributed by atoms with van der Waals surface area (Å²) < 4.78 is 14.0. The van der Waals surface area contributed by atoms with Crippen LogP contribution in [0, 0.1) is 11.7 Å². The van der Waals surface area contributed by atoms with Crippen molar-refractivity contribution < 1.29 is 4.39 Å². The number of nitrogens with zero attached hydrogens (tertiary/aromatic N) is 1. The van der Waals surface area contributed by atoms with Crippen molar-refractivity contribution in [1.29, 1.82) is 0 Å². The summed E-state index contributed by atoms with van der Waals surface area (Å²) in [7, 11) is 0. The van der Waals surface area contributed by atoms with Crippen molar-refractivity contribution >= 4 is 11.6 Å². The average Bonchev–Trinajstić information content (AvgIpc) is 2.37. The molecule has 1 N–H and O–H groups in total. The first-order valence-electron chi connectivity index (χ1n) is 7.70. The third kappa shape index (κ3) is 4.41. The minimum atomic E-state index is -0.172. The minimum Gasteiger partial charge on any atom is -0.311 e. The van der Waals surface area contributed by atoms with Gasteiger partial charge in [0.2, 0.25) is 0 Å². The van der Waals surface area contributed by atoms with Crippen LogP contribution in [0.1, 0.15) is 39.7 Å². The Morgan fingerprint density at radius 1 is 1.43 bits per heavy atom. The topological polar surface area (TPSA) is 15.3 Å². The van der Waals surface area contributed by atoms with Gasteiger partial charge in [0.25, 0.3) is 0 Å². The summed E-state index contributed by atoms with van der Waals surface area (Å²) in [4.78, 5) is 2.37. The molecule has 118 valence electrons. The van der Waals surface area contributed by atoms with Gasteiger partial charge in [-0.25, -0.2) is 4.39 Å². The molecule has 0 radical (unpaired) electrons. The molecular formula is C17H26ClFN2. The second-order valence-corrected chi connectivity index (χ2v) is 7.57. The van der Waals surface area contributed by atoms with E-state index in [1.165, 1.54) is 6.07 Å². The normalized spacial score (nSPS) is 22.7. The van der Waals surface area contributed by atoms with E-state index in [0.29, 0.717) is 29.1 Å². The van der Waals surface area contributed by atoms with Gasteiger partial charge in [-0.2, -0.15) is 0 Å². The predicted molar refractivity (Wildman–Crippen MR) is 87.1 cm³/mol. The lowest BCUT2D eigenvalue weighted by Gasteiger charge is -2.46. The zero-order valence-electron chi connectivity index (χ0n) is 13.4. The molecule has 0 aliphatic carbocycles. The number of hydrogen-bond acceptors (Lipinski definition) is 2. The molecule has 0 bridgehead atoms. The molecule has 1 heterocycles. The lowest BCUT2D eigenvalue weighted by molar-refractivity contribution is 0.0526. The van der Waals surface area contributed by atoms with Crippen LogP contribution in [0.2, 0.25) is 5.02 Å². The largest absolute Gasteiger partial charge is 0.311 e. The highest BCUT2D eigenvalue weighted by Crippen LogP contribution is 2.25. The van der Waals surface area contributed by atoms with E-state index in [1.54, 1.807) is 12.1 Å². The SMILES string of the molecule is CC(C)CC1CN(Cc2cc(Cl)ccc2F)C(C)(C)CN1. The summed E-state index contributed by atoms with van der Waals surface area (Å²) >= 11 is 6.01. The van der Waals surface area contributed by atoms with E-state index in [0.717, 1.165) is 19.5 Å². The van der Waals surface area contributed by atoms with Crippen molar-refractivity contribution in [3.63, 3.8) is 0 Å². The molecule has 0 aromatic heterocycles. The van der Waals surface area contributed by atoms with Crippen molar-refractivity contribution in [1.82, 2.24) is 10.2 Å². The molecule has 2 rings (SSSR count). The van der Waals surface area contributed by atoms with Crippen LogP contribution < -0.4 is 5.32 Å². The first-order chi connectivity index (χ1) is 9.78. The highest BCUT2D eigenvalue weighted by Gasteiger charge is 2.34. The molecule has 0 spiro atoms. The highest BCUT2D eigenvalue weighted by atomic mass is 35.5. The number of piperazine rings is 1. The summed E-state index contributed by atoms with van der Waals surface area (Å²) in [5.74, 6) is 0.489. The molecule has 1 saturated heterocycles. The lowest BCUT2D eigenvalue weighted by atomic mass is 9.93. The average molecular weight is 313 g/mol. The molecule has 1 unspecified atom stereocenters. The van der Waals surface area contributed by atoms with Gasteiger partial charge in [-0.3, -0.25) is 4.90 Å². The minimum absolute atomic E-state index is 0.0161. The van der Waals surface area contributed by atoms with Crippen LogP contribution in [-0.2, 0) is 6.54 Å². The van der Waals surface area contributed by atoms with E-state index in [9.17, 15) is 4.39 Å². The molecule has 1 atom stereocenters. The van der Waals surface area contributed by atoms with E-state index in [2.05, 4.69) is 37.9 Å². The highest BCUT2D eigenvalue weighted by molar-refractivity contribution is 6.30. The molecule has 0 amide bonds. The number of hydrogen-bond donors (Lipinski definition) is 1. The molecule has 0 saturated carbocycles. The molecule has 1 fully saturated rings. The van der Waals surface area contributed by atoms with Crippen LogP contribution in [-0.4, -0.2) is 29.6 Å². The van der Waals surface area contributed by atoms with Crippen molar-refractivity contribution in [2.24, 2.45) is 5.92 Å². The molecule has 2 nitrogen and oxygen atoms in total. The van der Waals surface area contributed by atoms with Crippen LogP contribution in [0.25, 0.3) is 0 Å². The fourth-order valence-electron chi connectivity index (χ4n) is 2.96. The number of halogens is 2. The standard InChI is InChI=1S/C17H26ClFN2/c1-12(2)7-15-10-21(17(3,4)11-20-15)9-13-8-14(18)5-6-16(13)19/h5-6,8,12,15,20H,7,9-11H2,1-4H3. The van der Waals surface area contributed by atoms with E-state index >= 15 is 0 Å². The van der Waals surface area contributed by atoms with Gasteiger partial charge < -0.3 is 5.32 Å². The number of rotatable bonds is 4. The molecule has 1 aliphatic rings. The van der Waals surface area contributed by atoms with Gasteiger partial charge in [-0.1, -0.05) is 25.4 Å². The van der Waals surface area contributed by atoms with Gasteiger partial charge in [0.15, 0.2) is 0 Å². The molecule has 21 heavy (non-hydrogen) atoms. The Balaban J connectivity index is 2.12. The molecule has 1 aromatic rings. The van der Waals surface area contributed by atoms with E-state index in [-0.39, 0.29) is 11.4 Å². The zero-order chi connectivity index (χ0) is 15.6. The molecule has 1 aliphatic heterocycles. The van der Waals surface area contributed by atoms with Crippen LogP contribution in [0.15, 0.2) is 18.2 Å². The number of benzene rings is 1. The Kier molecular flexibility index (Phi) is 5.29. The lowest BCUT2D eigenvalue weighted by Crippen LogP contribution is -2.61. The zero-order valence-corrected chi connectivity index (χ0v) is 14.2. The van der Waals surface area contributed by atoms with Crippen molar-refractivity contribution in [3.8, 4) is 0 Å². The van der Waals surface area contributed by atoms with Crippen LogP contribution in [0.3, 0.4) is 0 Å². The third-order valence-corrected chi connectivity index (χ3v) is 4.48. The second kappa shape index (κ2) is 6.64. The summed E-state index contributed by atoms with van der Waals surface area (Å²) in [6.45, 7) is 11.4. The monoisotopic (exact) mass is 312 g/mol. The maximum atomic E-state index is 14.0. The summed E-state index contributed by atoms with van der Waals surface area (Å²) in [5, 5.41) is 4.22. The van der Waals surface area contributed by atoms with Crippen molar-refractivity contribution in [3.05, 3.63) is 34.6 Å². The summed E-state index contributed by atoms with van der Waals surface area (Å²) in [6.07, 6.45) is 1.14. The first-order valence-corrected chi connectivity index (χ1v) is 8.08. The Hall–Kier alpha value is -0.640. The van der Waals surface area contributed by atoms with Crippen molar-refractivity contribution in [2.45, 2.75) is 52.2 Å². The van der Waals surface area contributed by atoms with E-state index in [4.69, 9.17) is 11.6 Å². The quantitative estimate of drug-likeness (QED) is 0.901. The Morgan fingerprint density at radius 2 is 2.14 bits per heavy atom. The van der Waals surface area contributed by atoms with Crippen molar-refractivity contribution in [2.75, 3.05) is 13.1 Å². The summed E-state index contributed by atoms with van der Waals surface area (Å²) in [6, 6.07) is 5.27. The molecule has 4 heteroatoms. The maximum absolute atomic E-state index is 14.0. The smallest absolute Gasteiger partial charge is 0.127 e. The van der Waals surface area contributed by atoms with Crippen LogP contribution in [0.4, 0.5) is 4.39 Å². The Bertz CT molecular complexity index is 488. The summed E-state index contributed by atoms with van der Waals surface area (Å²) in [5.41, 5.74) is 0.697. The fraction of sp³-hybridized carbons (Fsp3) is 0.647. The Morgan fingerprint density at radius 3 is 2.81 bits per heavy atom. The van der Waals surface area contributed by atoms with Gasteiger partial charge in [-0.15, -0.1) is 0 Å². The van der Waals surface area contributed by atoms with Gasteiger partial charge >= 0.3 is 0 Å². The van der Waals surface area contributed by atoms with Gasteiger partial charge in [0.05, 0.1) is 0 Å². The molecule has 1 aromatic carbocycles. The van der Waals surface area contributed by atoms with Gasteiger partial charge in [0, 0.05) is 41.8 Å². The van der Waals surface area contributed by atoms with E-state index < -0.39 is 0 Å². The van der Waals surface area contributed by atoms with E-state index in [1.807, 2.05) is 0 Å². The van der Waals surface area contributed by atoms with Gasteiger partial charge in [0.1, 0.15) is 5.82 Å². The Labute approximate surface area is 132 Å². The first kappa shape index (κ1) is 16.7. The predicted octanol–water partition coefficient (Wildman–Crippen LogP) is 4.08. The van der Waals surface area contributed by atoms with Crippen LogP contribution >= 0.6 is 11.6 Å². The number of nitrogens with one attached hydrogen (secondary N) is 1. The second-order valence-electron chi connectivity index (χ2n) is 7.14.